The predicted octanol–water partition coefficient (Wildman–Crippen LogP) is 3.73. The van der Waals surface area contributed by atoms with E-state index >= 15 is 0 Å². The summed E-state index contributed by atoms with van der Waals surface area (Å²) in [5.41, 5.74) is 1.56. The van der Waals surface area contributed by atoms with Crippen LogP contribution < -0.4 is 4.90 Å². The van der Waals surface area contributed by atoms with E-state index in [2.05, 4.69) is 4.98 Å². The van der Waals surface area contributed by atoms with Crippen LogP contribution in [-0.2, 0) is 0 Å². The van der Waals surface area contributed by atoms with Gasteiger partial charge in [-0.05, 0) is 24.6 Å². The van der Waals surface area contributed by atoms with E-state index in [9.17, 15) is 14.9 Å². The van der Waals surface area contributed by atoms with Gasteiger partial charge in [0.15, 0.2) is 0 Å². The van der Waals surface area contributed by atoms with Gasteiger partial charge in [0, 0.05) is 30.4 Å². The average Bonchev–Trinajstić information content (AvgIpc) is 2.61. The van der Waals surface area contributed by atoms with E-state index in [4.69, 9.17) is 0 Å². The fourth-order valence-corrected chi connectivity index (χ4v) is 2.70. The van der Waals surface area contributed by atoms with Crippen molar-refractivity contribution in [2.75, 3.05) is 11.9 Å². The van der Waals surface area contributed by atoms with Gasteiger partial charge in [0.2, 0.25) is 0 Å². The molecule has 0 aliphatic rings. The Morgan fingerprint density at radius 3 is 2.50 bits per heavy atom. The molecule has 120 valence electrons. The zero-order valence-corrected chi connectivity index (χ0v) is 13.3. The van der Waals surface area contributed by atoms with Crippen LogP contribution in [0.25, 0.3) is 10.8 Å². The normalized spacial score (nSPS) is 10.6. The molecule has 0 N–H and O–H groups in total. The molecule has 0 unspecified atom stereocenters. The second kappa shape index (κ2) is 6.08. The number of aromatic nitrogens is 1. The van der Waals surface area contributed by atoms with Crippen molar-refractivity contribution >= 4 is 28.1 Å². The molecule has 0 bridgehead atoms. The number of para-hydroxylation sites is 1. The number of rotatable bonds is 3. The monoisotopic (exact) mass is 321 g/mol. The van der Waals surface area contributed by atoms with Crippen molar-refractivity contribution in [3.63, 3.8) is 0 Å². The lowest BCUT2D eigenvalue weighted by atomic mass is 10.0. The minimum absolute atomic E-state index is 0.0242. The molecule has 2 aromatic carbocycles. The minimum Gasteiger partial charge on any atom is -0.310 e. The number of anilines is 1. The number of carbonyl (C=O) groups excluding carboxylic acids is 1. The van der Waals surface area contributed by atoms with Crippen LogP contribution in [0.15, 0.2) is 54.7 Å². The maximum Gasteiger partial charge on any atom is 0.277 e. The average molecular weight is 321 g/mol. The molecule has 0 saturated heterocycles. The van der Waals surface area contributed by atoms with Gasteiger partial charge in [0.25, 0.3) is 11.6 Å². The van der Waals surface area contributed by atoms with Crippen LogP contribution in [0.4, 0.5) is 11.4 Å². The number of hydrogen-bond donors (Lipinski definition) is 0. The van der Waals surface area contributed by atoms with E-state index in [-0.39, 0.29) is 17.3 Å². The minimum atomic E-state index is -0.440. The van der Waals surface area contributed by atoms with Crippen molar-refractivity contribution < 1.29 is 9.72 Å². The first-order valence-electron chi connectivity index (χ1n) is 7.36. The van der Waals surface area contributed by atoms with Gasteiger partial charge in [-0.2, -0.15) is 0 Å². The number of hydrogen-bond acceptors (Lipinski definition) is 4. The smallest absolute Gasteiger partial charge is 0.277 e. The van der Waals surface area contributed by atoms with Crippen molar-refractivity contribution in [2.45, 2.75) is 6.92 Å². The Labute approximate surface area is 138 Å². The largest absolute Gasteiger partial charge is 0.310 e. The molecule has 0 radical (unpaired) electrons. The number of nitro benzene ring substituents is 1. The van der Waals surface area contributed by atoms with Gasteiger partial charge in [-0.1, -0.05) is 30.3 Å². The number of benzene rings is 2. The molecule has 0 fully saturated rings. The van der Waals surface area contributed by atoms with Crippen molar-refractivity contribution in [1.29, 1.82) is 0 Å². The summed E-state index contributed by atoms with van der Waals surface area (Å²) >= 11 is 0. The van der Waals surface area contributed by atoms with Crippen LogP contribution in [0.3, 0.4) is 0 Å². The predicted molar refractivity (Wildman–Crippen MR) is 92.3 cm³/mol. The number of nitro groups is 1. The number of non-ortho nitro benzene ring substituents is 1. The van der Waals surface area contributed by atoms with E-state index < -0.39 is 4.92 Å². The summed E-state index contributed by atoms with van der Waals surface area (Å²) in [6.45, 7) is 1.75. The lowest BCUT2D eigenvalue weighted by molar-refractivity contribution is -0.383. The molecule has 6 nitrogen and oxygen atoms in total. The Kier molecular flexibility index (Phi) is 3.95. The topological polar surface area (TPSA) is 76.3 Å². The molecule has 0 atom stereocenters. The number of fused-ring (bicyclic) bond motifs is 1. The van der Waals surface area contributed by atoms with Crippen LogP contribution in [0.5, 0.6) is 0 Å². The van der Waals surface area contributed by atoms with Crippen LogP contribution >= 0.6 is 0 Å². The Hall–Kier alpha value is -3.28. The third kappa shape index (κ3) is 2.58. The molecule has 1 aromatic heterocycles. The molecule has 0 aliphatic heterocycles. The third-order valence-electron chi connectivity index (χ3n) is 3.93. The van der Waals surface area contributed by atoms with Gasteiger partial charge in [0.05, 0.1) is 10.3 Å². The summed E-state index contributed by atoms with van der Waals surface area (Å²) in [6.07, 6.45) is 1.50. The Morgan fingerprint density at radius 1 is 1.12 bits per heavy atom. The van der Waals surface area contributed by atoms with E-state index in [0.717, 1.165) is 5.69 Å². The number of carbonyl (C=O) groups is 1. The summed E-state index contributed by atoms with van der Waals surface area (Å²) < 4.78 is 0. The first-order chi connectivity index (χ1) is 11.5. The zero-order chi connectivity index (χ0) is 17.3. The lowest BCUT2D eigenvalue weighted by Gasteiger charge is -2.18. The number of nitrogens with zero attached hydrogens (tertiary/aromatic N) is 3. The highest BCUT2D eigenvalue weighted by Crippen LogP contribution is 2.30. The van der Waals surface area contributed by atoms with E-state index in [1.807, 2.05) is 30.3 Å². The van der Waals surface area contributed by atoms with E-state index in [0.29, 0.717) is 16.3 Å². The van der Waals surface area contributed by atoms with Crippen molar-refractivity contribution in [1.82, 2.24) is 4.98 Å². The van der Waals surface area contributed by atoms with Gasteiger partial charge in [-0.25, -0.2) is 0 Å². The molecular formula is C18H15N3O3. The Morgan fingerprint density at radius 2 is 1.83 bits per heavy atom. The Bertz CT molecular complexity index is 939. The Balaban J connectivity index is 2.17. The van der Waals surface area contributed by atoms with Crippen LogP contribution in [-0.4, -0.2) is 22.9 Å². The lowest BCUT2D eigenvalue weighted by Crippen LogP contribution is -2.27. The fraction of sp³-hybridized carbons (Fsp3) is 0.111. The molecule has 0 saturated carbocycles. The van der Waals surface area contributed by atoms with Gasteiger partial charge in [0.1, 0.15) is 5.69 Å². The second-order valence-electron chi connectivity index (χ2n) is 5.45. The maximum absolute atomic E-state index is 12.8. The molecule has 6 heteroatoms. The number of amides is 1. The van der Waals surface area contributed by atoms with Crippen molar-refractivity contribution in [3.05, 3.63) is 76.1 Å². The second-order valence-corrected chi connectivity index (χ2v) is 5.45. The first kappa shape index (κ1) is 15.6. The van der Waals surface area contributed by atoms with Gasteiger partial charge in [-0.15, -0.1) is 0 Å². The van der Waals surface area contributed by atoms with Crippen molar-refractivity contribution in [2.24, 2.45) is 0 Å². The number of pyridine rings is 1. The summed E-state index contributed by atoms with van der Waals surface area (Å²) in [7, 11) is 1.66. The molecule has 0 spiro atoms. The summed E-state index contributed by atoms with van der Waals surface area (Å²) in [4.78, 5) is 29.4. The highest BCUT2D eigenvalue weighted by molar-refractivity contribution is 6.14. The van der Waals surface area contributed by atoms with Gasteiger partial charge < -0.3 is 4.90 Å². The highest BCUT2D eigenvalue weighted by Gasteiger charge is 2.22. The standard InChI is InChI=1S/C18H15N3O3/c1-12-11-19-17(14-9-6-10-15(16(12)14)21(23)24)18(22)20(2)13-7-4-3-5-8-13/h3-11H,1-2H3. The number of aryl methyl sites for hydroxylation is 1. The summed E-state index contributed by atoms with van der Waals surface area (Å²) in [5, 5.41) is 12.2. The highest BCUT2D eigenvalue weighted by atomic mass is 16.6. The quantitative estimate of drug-likeness (QED) is 0.544. The molecule has 1 heterocycles. The van der Waals surface area contributed by atoms with Crippen LogP contribution in [0.2, 0.25) is 0 Å². The fourth-order valence-electron chi connectivity index (χ4n) is 2.70. The maximum atomic E-state index is 12.8. The van der Waals surface area contributed by atoms with Crippen LogP contribution in [0, 0.1) is 17.0 Å². The summed E-state index contributed by atoms with van der Waals surface area (Å²) in [6, 6.07) is 13.9. The van der Waals surface area contributed by atoms with Gasteiger partial charge >= 0.3 is 0 Å². The third-order valence-corrected chi connectivity index (χ3v) is 3.93. The van der Waals surface area contributed by atoms with Crippen LogP contribution in [0.1, 0.15) is 16.1 Å². The van der Waals surface area contributed by atoms with Gasteiger partial charge in [-0.3, -0.25) is 19.9 Å². The molecule has 0 aliphatic carbocycles. The van der Waals surface area contributed by atoms with Crippen molar-refractivity contribution in [3.8, 4) is 0 Å². The molecular weight excluding hydrogens is 306 g/mol. The molecule has 1 amide bonds. The summed E-state index contributed by atoms with van der Waals surface area (Å²) in [5.74, 6) is -0.313. The zero-order valence-electron chi connectivity index (χ0n) is 13.3. The molecule has 24 heavy (non-hydrogen) atoms. The van der Waals surface area contributed by atoms with E-state index in [1.165, 1.54) is 17.2 Å². The van der Waals surface area contributed by atoms with E-state index in [1.54, 1.807) is 26.1 Å². The SMILES string of the molecule is Cc1cnc(C(=O)N(C)c2ccccc2)c2cccc([N+](=O)[O-])c12. The molecule has 3 aromatic rings. The first-order valence-corrected chi connectivity index (χ1v) is 7.36. The molecule has 3 rings (SSSR count).